The number of carboxylic acids is 1. The second-order valence-corrected chi connectivity index (χ2v) is 3.57. The lowest BCUT2D eigenvalue weighted by molar-refractivity contribution is -0.117. The van der Waals surface area contributed by atoms with E-state index in [9.17, 15) is 9.59 Å². The molecule has 0 aliphatic carbocycles. The third-order valence-electron chi connectivity index (χ3n) is 2.29. The highest BCUT2D eigenvalue weighted by molar-refractivity contribution is 5.87. The van der Waals surface area contributed by atoms with Gasteiger partial charge in [0.25, 0.3) is 0 Å². The van der Waals surface area contributed by atoms with E-state index in [0.717, 1.165) is 5.56 Å². The summed E-state index contributed by atoms with van der Waals surface area (Å²) in [6, 6.07) is 6.53. The molecule has 1 aromatic carbocycles. The molecule has 0 aliphatic heterocycles. The molecule has 3 heteroatoms. The van der Waals surface area contributed by atoms with Crippen LogP contribution in [0.1, 0.15) is 22.8 Å². The van der Waals surface area contributed by atoms with E-state index in [0.29, 0.717) is 6.42 Å². The van der Waals surface area contributed by atoms with E-state index in [1.807, 2.05) is 0 Å². The van der Waals surface area contributed by atoms with Gasteiger partial charge in [0.15, 0.2) is 0 Å². The molecule has 1 N–H and O–H groups in total. The predicted octanol–water partition coefficient (Wildman–Crippen LogP) is 1.97. The highest BCUT2D eigenvalue weighted by Crippen LogP contribution is 2.10. The molecular weight excluding hydrogens is 192 g/mol. The number of rotatable bonds is 4. The Hall–Kier alpha value is -1.77. The molecule has 1 aromatic rings. The van der Waals surface area contributed by atoms with Crippen LogP contribution in [0.5, 0.6) is 0 Å². The minimum atomic E-state index is -0.942. The highest BCUT2D eigenvalue weighted by atomic mass is 16.4. The molecular formula is C12H13O3+. The SMILES string of the molecule is [CH2+]C(=O)C(C)Cc1ccc(C(=O)O)cc1. The van der Waals surface area contributed by atoms with E-state index in [1.54, 1.807) is 19.1 Å². The van der Waals surface area contributed by atoms with Gasteiger partial charge in [0.2, 0.25) is 0 Å². The van der Waals surface area contributed by atoms with E-state index in [1.165, 1.54) is 12.1 Å². The number of Topliss-reactive ketones (excluding diaryl/α,β-unsaturated/α-hetero) is 1. The van der Waals surface area contributed by atoms with Gasteiger partial charge in [0.1, 0.15) is 6.92 Å². The smallest absolute Gasteiger partial charge is 0.335 e. The fraction of sp³-hybridized carbons (Fsp3) is 0.250. The first kappa shape index (κ1) is 11.3. The van der Waals surface area contributed by atoms with Gasteiger partial charge in [0, 0.05) is 0 Å². The molecule has 0 aromatic heterocycles. The van der Waals surface area contributed by atoms with Crippen LogP contribution in [0.4, 0.5) is 0 Å². The molecule has 0 radical (unpaired) electrons. The Bertz CT molecular complexity index is 365. The maximum atomic E-state index is 10.9. The van der Waals surface area contributed by atoms with Gasteiger partial charge in [-0.05, 0) is 24.1 Å². The summed E-state index contributed by atoms with van der Waals surface area (Å²) in [7, 11) is 0. The molecule has 1 rings (SSSR count). The van der Waals surface area contributed by atoms with Gasteiger partial charge in [0.05, 0.1) is 11.5 Å². The molecule has 0 aliphatic rings. The number of aromatic carboxylic acids is 1. The van der Waals surface area contributed by atoms with E-state index >= 15 is 0 Å². The van der Waals surface area contributed by atoms with Crippen molar-refractivity contribution in [1.82, 2.24) is 0 Å². The van der Waals surface area contributed by atoms with Crippen molar-refractivity contribution in [2.45, 2.75) is 13.3 Å². The Morgan fingerprint density at radius 3 is 2.27 bits per heavy atom. The van der Waals surface area contributed by atoms with Gasteiger partial charge >= 0.3 is 11.8 Å². The van der Waals surface area contributed by atoms with Crippen molar-refractivity contribution in [3.8, 4) is 0 Å². The second kappa shape index (κ2) is 4.64. The Labute approximate surface area is 88.7 Å². The van der Waals surface area contributed by atoms with Crippen molar-refractivity contribution in [2.75, 3.05) is 0 Å². The van der Waals surface area contributed by atoms with Crippen LogP contribution in [-0.4, -0.2) is 16.9 Å². The van der Waals surface area contributed by atoms with Crippen LogP contribution in [0.25, 0.3) is 0 Å². The highest BCUT2D eigenvalue weighted by Gasteiger charge is 2.14. The lowest BCUT2D eigenvalue weighted by Crippen LogP contribution is -2.09. The number of ketones is 1. The van der Waals surface area contributed by atoms with Crippen LogP contribution in [0.2, 0.25) is 0 Å². The van der Waals surface area contributed by atoms with E-state index in [-0.39, 0.29) is 17.3 Å². The third-order valence-corrected chi connectivity index (χ3v) is 2.29. The summed E-state index contributed by atoms with van der Waals surface area (Å²) in [6.45, 7) is 5.15. The van der Waals surface area contributed by atoms with Gasteiger partial charge in [-0.15, -0.1) is 0 Å². The normalized spacial score (nSPS) is 12.1. The summed E-state index contributed by atoms with van der Waals surface area (Å²) in [6.07, 6.45) is 0.599. The fourth-order valence-electron chi connectivity index (χ4n) is 1.25. The molecule has 0 saturated carbocycles. The first-order chi connectivity index (χ1) is 7.00. The minimum Gasteiger partial charge on any atom is -0.478 e. The topological polar surface area (TPSA) is 54.4 Å². The quantitative estimate of drug-likeness (QED) is 0.764. The molecule has 0 saturated heterocycles. The molecule has 0 heterocycles. The zero-order valence-corrected chi connectivity index (χ0v) is 8.56. The maximum absolute atomic E-state index is 10.9. The molecule has 15 heavy (non-hydrogen) atoms. The van der Waals surface area contributed by atoms with Crippen molar-refractivity contribution in [3.63, 3.8) is 0 Å². The van der Waals surface area contributed by atoms with Crippen molar-refractivity contribution in [3.05, 3.63) is 42.3 Å². The third kappa shape index (κ3) is 3.13. The van der Waals surface area contributed by atoms with Crippen molar-refractivity contribution < 1.29 is 14.7 Å². The van der Waals surface area contributed by atoms with Gasteiger partial charge in [-0.25, -0.2) is 9.59 Å². The number of hydrogen-bond acceptors (Lipinski definition) is 2. The Morgan fingerprint density at radius 2 is 1.87 bits per heavy atom. The minimum absolute atomic E-state index is 0.0997. The largest absolute Gasteiger partial charge is 0.478 e. The summed E-state index contributed by atoms with van der Waals surface area (Å²) in [4.78, 5) is 21.5. The molecule has 0 amide bonds. The molecule has 1 unspecified atom stereocenters. The Morgan fingerprint density at radius 1 is 1.33 bits per heavy atom. The van der Waals surface area contributed by atoms with Crippen LogP contribution in [0, 0.1) is 12.8 Å². The summed E-state index contributed by atoms with van der Waals surface area (Å²) >= 11 is 0. The predicted molar refractivity (Wildman–Crippen MR) is 56.6 cm³/mol. The van der Waals surface area contributed by atoms with Crippen LogP contribution in [-0.2, 0) is 11.2 Å². The number of hydrogen-bond donors (Lipinski definition) is 1. The average Bonchev–Trinajstić information content (AvgIpc) is 2.18. The van der Waals surface area contributed by atoms with Crippen LogP contribution in [0.15, 0.2) is 24.3 Å². The molecule has 1 atom stereocenters. The van der Waals surface area contributed by atoms with Crippen molar-refractivity contribution in [2.24, 2.45) is 5.92 Å². The molecule has 0 bridgehead atoms. The van der Waals surface area contributed by atoms with Gasteiger partial charge in [-0.1, -0.05) is 19.1 Å². The number of carbonyl (C=O) groups excluding carboxylic acids is 1. The van der Waals surface area contributed by atoms with E-state index < -0.39 is 5.97 Å². The molecule has 0 fully saturated rings. The Kier molecular flexibility index (Phi) is 3.50. The first-order valence-electron chi connectivity index (χ1n) is 4.68. The fourth-order valence-corrected chi connectivity index (χ4v) is 1.25. The zero-order chi connectivity index (χ0) is 11.4. The molecule has 3 nitrogen and oxygen atoms in total. The number of benzene rings is 1. The summed E-state index contributed by atoms with van der Waals surface area (Å²) < 4.78 is 0. The average molecular weight is 205 g/mol. The second-order valence-electron chi connectivity index (χ2n) is 3.57. The lowest BCUT2D eigenvalue weighted by atomic mass is 9.97. The standard InChI is InChI=1S/C12H12O3/c1-8(9(2)13)7-10-3-5-11(6-4-10)12(14)15/h3-6,8H,2,7H2,1H3/p+1. The van der Waals surface area contributed by atoms with Crippen molar-refractivity contribution in [1.29, 1.82) is 0 Å². The summed E-state index contributed by atoms with van der Waals surface area (Å²) in [5.41, 5.74) is 1.21. The molecule has 0 spiro atoms. The number of carbonyl (C=O) groups is 2. The maximum Gasteiger partial charge on any atom is 0.335 e. The van der Waals surface area contributed by atoms with Gasteiger partial charge < -0.3 is 5.11 Å². The van der Waals surface area contributed by atoms with Gasteiger partial charge in [-0.3, -0.25) is 0 Å². The lowest BCUT2D eigenvalue weighted by Gasteiger charge is -2.04. The van der Waals surface area contributed by atoms with E-state index in [2.05, 4.69) is 6.92 Å². The van der Waals surface area contributed by atoms with E-state index in [4.69, 9.17) is 5.11 Å². The van der Waals surface area contributed by atoms with Gasteiger partial charge in [-0.2, -0.15) is 0 Å². The van der Waals surface area contributed by atoms with Crippen molar-refractivity contribution >= 4 is 11.8 Å². The Balaban J connectivity index is 2.72. The monoisotopic (exact) mass is 205 g/mol. The van der Waals surface area contributed by atoms with Crippen LogP contribution >= 0.6 is 0 Å². The summed E-state index contributed by atoms with van der Waals surface area (Å²) in [5, 5.41) is 8.68. The summed E-state index contributed by atoms with van der Waals surface area (Å²) in [5.74, 6) is -1.17. The zero-order valence-electron chi connectivity index (χ0n) is 8.56. The number of carboxylic acid groups (broad SMARTS) is 1. The molecule has 78 valence electrons. The first-order valence-corrected chi connectivity index (χ1v) is 4.68. The van der Waals surface area contributed by atoms with Crippen LogP contribution in [0.3, 0.4) is 0 Å². The van der Waals surface area contributed by atoms with Crippen LogP contribution < -0.4 is 0 Å².